The van der Waals surface area contributed by atoms with Crippen LogP contribution in [0.4, 0.5) is 0 Å². The third-order valence-electron chi connectivity index (χ3n) is 3.53. The molecule has 19 heavy (non-hydrogen) atoms. The predicted octanol–water partition coefficient (Wildman–Crippen LogP) is 2.82. The number of hydrogen-bond acceptors (Lipinski definition) is 4. The van der Waals surface area contributed by atoms with Crippen LogP contribution in [0.5, 0.6) is 0 Å². The van der Waals surface area contributed by atoms with Gasteiger partial charge in [-0.05, 0) is 38.0 Å². The molecule has 2 heterocycles. The molecule has 2 aromatic heterocycles. The van der Waals surface area contributed by atoms with Crippen LogP contribution in [-0.2, 0) is 0 Å². The second kappa shape index (κ2) is 3.82. The second-order valence-electron chi connectivity index (χ2n) is 4.73. The van der Waals surface area contributed by atoms with Crippen LogP contribution in [-0.4, -0.2) is 0 Å². The van der Waals surface area contributed by atoms with E-state index in [-0.39, 0.29) is 5.63 Å². The summed E-state index contributed by atoms with van der Waals surface area (Å²) in [4.78, 5) is 23.0. The summed E-state index contributed by atoms with van der Waals surface area (Å²) in [6.07, 6.45) is 0. The lowest BCUT2D eigenvalue weighted by atomic mass is 10.0. The minimum Gasteiger partial charge on any atom is -0.423 e. The van der Waals surface area contributed by atoms with Crippen molar-refractivity contribution in [3.63, 3.8) is 0 Å². The normalized spacial score (nSPS) is 11.3. The molecule has 0 saturated heterocycles. The maximum absolute atomic E-state index is 11.7. The molecule has 0 unspecified atom stereocenters. The molecule has 0 amide bonds. The summed E-state index contributed by atoms with van der Waals surface area (Å²) in [6, 6.07) is 4.95. The van der Waals surface area contributed by atoms with Gasteiger partial charge in [-0.1, -0.05) is 0 Å². The highest BCUT2D eigenvalue weighted by molar-refractivity contribution is 5.95. The lowest BCUT2D eigenvalue weighted by Gasteiger charge is -2.06. The lowest BCUT2D eigenvalue weighted by molar-refractivity contribution is 0.545. The first-order chi connectivity index (χ1) is 8.97. The van der Waals surface area contributed by atoms with Gasteiger partial charge in [-0.2, -0.15) is 0 Å². The highest BCUT2D eigenvalue weighted by Gasteiger charge is 2.11. The van der Waals surface area contributed by atoms with E-state index in [1.807, 2.05) is 19.9 Å². The summed E-state index contributed by atoms with van der Waals surface area (Å²) >= 11 is 0. The molecule has 0 atom stereocenters. The van der Waals surface area contributed by atoms with Gasteiger partial charge in [0.05, 0.1) is 0 Å². The van der Waals surface area contributed by atoms with Crippen molar-refractivity contribution in [2.24, 2.45) is 0 Å². The first-order valence-electron chi connectivity index (χ1n) is 5.96. The summed E-state index contributed by atoms with van der Waals surface area (Å²) in [5.74, 6) is 0. The summed E-state index contributed by atoms with van der Waals surface area (Å²) in [5.41, 5.74) is 2.44. The number of benzene rings is 1. The Bertz CT molecular complexity index is 929. The van der Waals surface area contributed by atoms with Crippen LogP contribution in [0.1, 0.15) is 16.7 Å². The average molecular weight is 256 g/mol. The van der Waals surface area contributed by atoms with E-state index in [0.29, 0.717) is 16.7 Å². The summed E-state index contributed by atoms with van der Waals surface area (Å²) in [6.45, 7) is 5.48. The third-order valence-corrected chi connectivity index (χ3v) is 3.53. The molecule has 3 rings (SSSR count). The molecule has 4 nitrogen and oxygen atoms in total. The fraction of sp³-hybridized carbons (Fsp3) is 0.200. The van der Waals surface area contributed by atoms with E-state index in [4.69, 9.17) is 8.83 Å². The monoisotopic (exact) mass is 256 g/mol. The molecule has 96 valence electrons. The number of rotatable bonds is 0. The molecule has 0 saturated carbocycles. The zero-order valence-corrected chi connectivity index (χ0v) is 10.9. The average Bonchev–Trinajstić information content (AvgIpc) is 2.34. The van der Waals surface area contributed by atoms with Gasteiger partial charge in [0, 0.05) is 28.5 Å². The Labute approximate surface area is 108 Å². The van der Waals surface area contributed by atoms with Crippen molar-refractivity contribution in [1.29, 1.82) is 0 Å². The highest BCUT2D eigenvalue weighted by Crippen LogP contribution is 2.26. The Balaban J connectivity index is 2.60. The van der Waals surface area contributed by atoms with E-state index < -0.39 is 5.63 Å². The molecule has 0 radical (unpaired) electrons. The van der Waals surface area contributed by atoms with Crippen LogP contribution in [0.2, 0.25) is 0 Å². The molecule has 1 aromatic carbocycles. The van der Waals surface area contributed by atoms with E-state index in [1.165, 1.54) is 6.07 Å². The Morgan fingerprint density at radius 2 is 1.47 bits per heavy atom. The Hall–Kier alpha value is -2.36. The number of hydrogen-bond donors (Lipinski definition) is 0. The highest BCUT2D eigenvalue weighted by atomic mass is 16.4. The standard InChI is InChI=1S/C15H12O4/c1-7-4-14(16)18-12-6-13-11(5-10(7)12)8(2)9(3)15(17)19-13/h4-6H,1-3H3. The molecule has 0 bridgehead atoms. The SMILES string of the molecule is Cc1c(C)c2cc3c(C)cc(=O)oc3cc2oc1=O. The molecule has 3 aromatic rings. The van der Waals surface area contributed by atoms with Gasteiger partial charge in [-0.15, -0.1) is 0 Å². The Kier molecular flexibility index (Phi) is 2.35. The van der Waals surface area contributed by atoms with Gasteiger partial charge < -0.3 is 8.83 Å². The quantitative estimate of drug-likeness (QED) is 0.458. The smallest absolute Gasteiger partial charge is 0.339 e. The van der Waals surface area contributed by atoms with Gasteiger partial charge in [-0.25, -0.2) is 9.59 Å². The van der Waals surface area contributed by atoms with Crippen molar-refractivity contribution < 1.29 is 8.83 Å². The molecule has 0 aliphatic carbocycles. The molecular formula is C15H12O4. The van der Waals surface area contributed by atoms with E-state index in [1.54, 1.807) is 13.0 Å². The minimum absolute atomic E-state index is 0.362. The summed E-state index contributed by atoms with van der Waals surface area (Å²) in [5, 5.41) is 1.71. The van der Waals surface area contributed by atoms with Crippen molar-refractivity contribution in [1.82, 2.24) is 0 Å². The van der Waals surface area contributed by atoms with Gasteiger partial charge in [0.25, 0.3) is 0 Å². The van der Waals surface area contributed by atoms with Crippen molar-refractivity contribution >= 4 is 21.9 Å². The van der Waals surface area contributed by atoms with E-state index in [0.717, 1.165) is 21.9 Å². The minimum atomic E-state index is -0.407. The summed E-state index contributed by atoms with van der Waals surface area (Å²) in [7, 11) is 0. The first-order valence-corrected chi connectivity index (χ1v) is 5.96. The van der Waals surface area contributed by atoms with Crippen LogP contribution in [0, 0.1) is 20.8 Å². The maximum Gasteiger partial charge on any atom is 0.339 e. The zero-order chi connectivity index (χ0) is 13.7. The lowest BCUT2D eigenvalue weighted by Crippen LogP contribution is -2.06. The van der Waals surface area contributed by atoms with Gasteiger partial charge in [0.1, 0.15) is 11.2 Å². The van der Waals surface area contributed by atoms with Crippen molar-refractivity contribution in [2.45, 2.75) is 20.8 Å². The van der Waals surface area contributed by atoms with Gasteiger partial charge in [0.2, 0.25) is 0 Å². The van der Waals surface area contributed by atoms with E-state index in [9.17, 15) is 9.59 Å². The molecule has 0 N–H and O–H groups in total. The fourth-order valence-corrected chi connectivity index (χ4v) is 2.26. The first kappa shape index (κ1) is 11.7. The van der Waals surface area contributed by atoms with Crippen molar-refractivity contribution in [3.8, 4) is 0 Å². The largest absolute Gasteiger partial charge is 0.423 e. The van der Waals surface area contributed by atoms with Gasteiger partial charge in [0.15, 0.2) is 0 Å². The second-order valence-corrected chi connectivity index (χ2v) is 4.73. The molecule has 4 heteroatoms. The topological polar surface area (TPSA) is 60.4 Å². The Morgan fingerprint density at radius 1 is 0.789 bits per heavy atom. The third kappa shape index (κ3) is 1.68. The van der Waals surface area contributed by atoms with Crippen LogP contribution in [0.25, 0.3) is 21.9 Å². The summed E-state index contributed by atoms with van der Waals surface area (Å²) < 4.78 is 10.4. The van der Waals surface area contributed by atoms with Crippen LogP contribution >= 0.6 is 0 Å². The van der Waals surface area contributed by atoms with E-state index >= 15 is 0 Å². The molecule has 0 spiro atoms. The number of aryl methyl sites for hydroxylation is 2. The van der Waals surface area contributed by atoms with Crippen molar-refractivity contribution in [2.75, 3.05) is 0 Å². The molecule has 0 aliphatic rings. The Morgan fingerprint density at radius 3 is 2.21 bits per heavy atom. The fourth-order valence-electron chi connectivity index (χ4n) is 2.26. The van der Waals surface area contributed by atoms with Crippen LogP contribution in [0.15, 0.2) is 36.6 Å². The van der Waals surface area contributed by atoms with Crippen molar-refractivity contribution in [3.05, 3.63) is 55.7 Å². The van der Waals surface area contributed by atoms with Crippen LogP contribution in [0.3, 0.4) is 0 Å². The zero-order valence-electron chi connectivity index (χ0n) is 10.9. The predicted molar refractivity (Wildman–Crippen MR) is 72.7 cm³/mol. The molecular weight excluding hydrogens is 244 g/mol. The molecule has 0 fully saturated rings. The van der Waals surface area contributed by atoms with E-state index in [2.05, 4.69) is 0 Å². The molecule has 0 aliphatic heterocycles. The van der Waals surface area contributed by atoms with Gasteiger partial charge in [-0.3, -0.25) is 0 Å². The van der Waals surface area contributed by atoms with Crippen LogP contribution < -0.4 is 11.3 Å². The van der Waals surface area contributed by atoms with Gasteiger partial charge >= 0.3 is 11.3 Å². The number of fused-ring (bicyclic) bond motifs is 2. The maximum atomic E-state index is 11.7.